The number of hydrogen-bond acceptors (Lipinski definition) is 5. The van der Waals surface area contributed by atoms with Gasteiger partial charge in [-0.2, -0.15) is 13.7 Å². The molecule has 4 aromatic rings. The number of anilines is 1. The van der Waals surface area contributed by atoms with Crippen LogP contribution in [0.15, 0.2) is 89.3 Å². The molecule has 1 amide bonds. The van der Waals surface area contributed by atoms with Crippen LogP contribution in [0.2, 0.25) is 5.02 Å². The van der Waals surface area contributed by atoms with Crippen LogP contribution < -0.4 is 9.50 Å². The summed E-state index contributed by atoms with van der Waals surface area (Å²) in [7, 11) is -4.17. The second-order valence-corrected chi connectivity index (χ2v) is 10.1. The first kappa shape index (κ1) is 25.0. The molecule has 0 heterocycles. The molecule has 4 aromatic carbocycles. The zero-order chi connectivity index (χ0) is 25.9. The summed E-state index contributed by atoms with van der Waals surface area (Å²) in [5.74, 6) is -0.697. The van der Waals surface area contributed by atoms with Crippen LogP contribution >= 0.6 is 11.6 Å². The normalized spacial score (nSPS) is 11.7. The van der Waals surface area contributed by atoms with Crippen molar-refractivity contribution < 1.29 is 17.4 Å². The minimum absolute atomic E-state index is 0.0104. The lowest BCUT2D eigenvalue weighted by atomic mass is 10.0. The monoisotopic (exact) mass is 516 g/mol. The van der Waals surface area contributed by atoms with E-state index in [1.807, 2.05) is 25.1 Å². The summed E-state index contributed by atoms with van der Waals surface area (Å²) >= 11 is 6.22. The number of halogens is 1. The van der Waals surface area contributed by atoms with Gasteiger partial charge >= 0.3 is 10.1 Å². The Morgan fingerprint density at radius 2 is 1.69 bits per heavy atom. The van der Waals surface area contributed by atoms with Crippen molar-refractivity contribution in [2.75, 3.05) is 5.32 Å². The van der Waals surface area contributed by atoms with E-state index in [2.05, 4.69) is 5.32 Å². The average Bonchev–Trinajstić information content (AvgIpc) is 2.85. The number of nitriles is 1. The molecular weight excluding hydrogens is 496 g/mol. The van der Waals surface area contributed by atoms with Crippen LogP contribution in [0.4, 0.5) is 5.69 Å². The van der Waals surface area contributed by atoms with Crippen molar-refractivity contribution >= 4 is 50.2 Å². The van der Waals surface area contributed by atoms with Crippen molar-refractivity contribution in [3.8, 4) is 11.8 Å². The Morgan fingerprint density at radius 1 is 0.972 bits per heavy atom. The minimum Gasteiger partial charge on any atom is -0.378 e. The van der Waals surface area contributed by atoms with Gasteiger partial charge in [0.05, 0.1) is 10.7 Å². The van der Waals surface area contributed by atoms with E-state index in [9.17, 15) is 18.5 Å². The van der Waals surface area contributed by atoms with Crippen molar-refractivity contribution in [1.29, 1.82) is 5.26 Å². The summed E-state index contributed by atoms with van der Waals surface area (Å²) in [5, 5.41) is 14.2. The van der Waals surface area contributed by atoms with E-state index in [-0.39, 0.29) is 21.8 Å². The Hall–Kier alpha value is -4.12. The maximum atomic E-state index is 13.0. The minimum atomic E-state index is -4.17. The van der Waals surface area contributed by atoms with Gasteiger partial charge in [-0.3, -0.25) is 4.79 Å². The van der Waals surface area contributed by atoms with Crippen LogP contribution in [0.5, 0.6) is 5.75 Å². The zero-order valence-electron chi connectivity index (χ0n) is 19.4. The molecule has 0 radical (unpaired) electrons. The van der Waals surface area contributed by atoms with Gasteiger partial charge in [0, 0.05) is 5.56 Å². The molecule has 0 spiro atoms. The van der Waals surface area contributed by atoms with Gasteiger partial charge in [-0.25, -0.2) is 0 Å². The number of benzene rings is 4. The van der Waals surface area contributed by atoms with E-state index in [1.54, 1.807) is 55.5 Å². The molecule has 0 aromatic heterocycles. The molecule has 0 fully saturated rings. The number of amides is 1. The van der Waals surface area contributed by atoms with Gasteiger partial charge in [-0.05, 0) is 60.5 Å². The highest BCUT2D eigenvalue weighted by Gasteiger charge is 2.21. The second-order valence-electron chi connectivity index (χ2n) is 8.10. The molecule has 0 aliphatic carbocycles. The van der Waals surface area contributed by atoms with E-state index in [0.29, 0.717) is 16.1 Å². The SMILES string of the molecule is Cc1ccc(S(=O)(=O)Oc2ccc3ccccc3c2/C=C(\C#N)C(=O)Nc2c(C)cccc2Cl)cc1. The van der Waals surface area contributed by atoms with Crippen LogP contribution in [-0.4, -0.2) is 14.3 Å². The van der Waals surface area contributed by atoms with Crippen molar-refractivity contribution in [2.24, 2.45) is 0 Å². The predicted molar refractivity (Wildman–Crippen MR) is 141 cm³/mol. The Labute approximate surface area is 214 Å². The number of rotatable bonds is 6. The van der Waals surface area contributed by atoms with Gasteiger partial charge in [0.2, 0.25) is 0 Å². The third kappa shape index (κ3) is 5.25. The van der Waals surface area contributed by atoms with Crippen LogP contribution in [0, 0.1) is 25.2 Å². The van der Waals surface area contributed by atoms with Crippen molar-refractivity contribution in [3.05, 3.63) is 106 Å². The van der Waals surface area contributed by atoms with Crippen LogP contribution in [0.25, 0.3) is 16.8 Å². The highest BCUT2D eigenvalue weighted by Crippen LogP contribution is 2.33. The lowest BCUT2D eigenvalue weighted by Crippen LogP contribution is -2.15. The Balaban J connectivity index is 1.80. The van der Waals surface area contributed by atoms with E-state index in [0.717, 1.165) is 16.5 Å². The van der Waals surface area contributed by atoms with Crippen LogP contribution in [0.3, 0.4) is 0 Å². The van der Waals surface area contributed by atoms with Gasteiger partial charge in [-0.15, -0.1) is 0 Å². The summed E-state index contributed by atoms with van der Waals surface area (Å²) in [6, 6.07) is 23.8. The molecule has 1 N–H and O–H groups in total. The highest BCUT2D eigenvalue weighted by atomic mass is 35.5. The lowest BCUT2D eigenvalue weighted by molar-refractivity contribution is -0.112. The van der Waals surface area contributed by atoms with Gasteiger partial charge in [-0.1, -0.05) is 71.8 Å². The summed E-state index contributed by atoms with van der Waals surface area (Å²) in [6.45, 7) is 3.63. The zero-order valence-corrected chi connectivity index (χ0v) is 21.0. The number of para-hydroxylation sites is 1. The first-order chi connectivity index (χ1) is 17.2. The molecule has 8 heteroatoms. The number of carbonyl (C=O) groups is 1. The number of nitrogens with one attached hydrogen (secondary N) is 1. The van der Waals surface area contributed by atoms with Crippen molar-refractivity contribution in [1.82, 2.24) is 0 Å². The fourth-order valence-corrected chi connectivity index (χ4v) is 4.85. The molecule has 36 heavy (non-hydrogen) atoms. The van der Waals surface area contributed by atoms with E-state index in [1.165, 1.54) is 24.3 Å². The molecule has 180 valence electrons. The molecule has 4 rings (SSSR count). The van der Waals surface area contributed by atoms with E-state index < -0.39 is 16.0 Å². The topological polar surface area (TPSA) is 96.3 Å². The first-order valence-electron chi connectivity index (χ1n) is 10.9. The number of carbonyl (C=O) groups excluding carboxylic acids is 1. The fourth-order valence-electron chi connectivity index (χ4n) is 3.63. The quantitative estimate of drug-likeness (QED) is 0.181. The number of fused-ring (bicyclic) bond motifs is 1. The van der Waals surface area contributed by atoms with Gasteiger partial charge < -0.3 is 9.50 Å². The largest absolute Gasteiger partial charge is 0.378 e. The third-order valence-corrected chi connectivity index (χ3v) is 7.12. The van der Waals surface area contributed by atoms with E-state index in [4.69, 9.17) is 15.8 Å². The number of aryl methyl sites for hydroxylation is 2. The van der Waals surface area contributed by atoms with Crippen LogP contribution in [0.1, 0.15) is 16.7 Å². The average molecular weight is 517 g/mol. The second kappa shape index (κ2) is 10.2. The summed E-state index contributed by atoms with van der Waals surface area (Å²) < 4.78 is 31.5. The summed E-state index contributed by atoms with van der Waals surface area (Å²) in [4.78, 5) is 13.0. The molecule has 0 saturated carbocycles. The molecule has 6 nitrogen and oxygen atoms in total. The van der Waals surface area contributed by atoms with Gasteiger partial charge in [0.15, 0.2) is 5.75 Å². The highest BCUT2D eigenvalue weighted by molar-refractivity contribution is 7.87. The fraction of sp³-hybridized carbons (Fsp3) is 0.0714. The molecule has 0 aliphatic heterocycles. The smallest absolute Gasteiger partial charge is 0.339 e. The van der Waals surface area contributed by atoms with Crippen molar-refractivity contribution in [3.63, 3.8) is 0 Å². The van der Waals surface area contributed by atoms with Crippen LogP contribution in [-0.2, 0) is 14.9 Å². The summed E-state index contributed by atoms with van der Waals surface area (Å²) in [6.07, 6.45) is 1.32. The molecule has 0 unspecified atom stereocenters. The predicted octanol–water partition coefficient (Wildman–Crippen LogP) is 6.42. The first-order valence-corrected chi connectivity index (χ1v) is 12.7. The Morgan fingerprint density at radius 3 is 2.39 bits per heavy atom. The molecule has 0 aliphatic rings. The number of nitrogens with zero attached hydrogens (tertiary/aromatic N) is 1. The van der Waals surface area contributed by atoms with E-state index >= 15 is 0 Å². The number of hydrogen-bond donors (Lipinski definition) is 1. The third-order valence-electron chi connectivity index (χ3n) is 5.55. The van der Waals surface area contributed by atoms with Gasteiger partial charge in [0.25, 0.3) is 5.91 Å². The molecule has 0 atom stereocenters. The van der Waals surface area contributed by atoms with Gasteiger partial charge in [0.1, 0.15) is 16.5 Å². The lowest BCUT2D eigenvalue weighted by Gasteiger charge is -2.13. The molecular formula is C28H21ClN2O4S. The van der Waals surface area contributed by atoms with Crippen molar-refractivity contribution in [2.45, 2.75) is 18.7 Å². The Bertz CT molecular complexity index is 1630. The maximum absolute atomic E-state index is 13.0. The summed E-state index contributed by atoms with van der Waals surface area (Å²) in [5.41, 5.74) is 2.06. The molecule has 0 saturated heterocycles. The maximum Gasteiger partial charge on any atom is 0.339 e. The molecule has 0 bridgehead atoms. The standard InChI is InChI=1S/C28H21ClN2O4S/c1-18-10-13-22(14-11-18)36(33,34)35-26-15-12-20-7-3-4-8-23(20)24(26)16-21(17-30)28(32)31-27-19(2)6-5-9-25(27)29/h3-16H,1-2H3,(H,31,32)/b21-16+. The Kier molecular flexibility index (Phi) is 7.11.